The number of nitrogens with two attached hydrogens (primary N) is 1. The number of benzene rings is 1. The van der Waals surface area contributed by atoms with Crippen LogP contribution in [-0.4, -0.2) is 77.1 Å². The van der Waals surface area contributed by atoms with Crippen molar-refractivity contribution in [3.63, 3.8) is 0 Å². The van der Waals surface area contributed by atoms with Gasteiger partial charge in [0.05, 0.1) is 22.1 Å². The van der Waals surface area contributed by atoms with Gasteiger partial charge in [-0.15, -0.1) is 11.8 Å². The molecular weight excluding hydrogens is 414 g/mol. The fourth-order valence-electron chi connectivity index (χ4n) is 5.10. The van der Waals surface area contributed by atoms with Gasteiger partial charge in [0.25, 0.3) is 0 Å². The topological polar surface area (TPSA) is 65.7 Å². The van der Waals surface area contributed by atoms with Gasteiger partial charge in [-0.25, -0.2) is 4.98 Å². The summed E-state index contributed by atoms with van der Waals surface area (Å²) in [5, 5.41) is 1.16. The van der Waals surface area contributed by atoms with Gasteiger partial charge < -0.3 is 15.5 Å². The van der Waals surface area contributed by atoms with E-state index < -0.39 is 0 Å². The number of anilines is 1. The molecule has 3 fully saturated rings. The van der Waals surface area contributed by atoms with Crippen LogP contribution in [0, 0.1) is 5.92 Å². The molecule has 0 unspecified atom stereocenters. The molecule has 1 atom stereocenters. The van der Waals surface area contributed by atoms with Crippen molar-refractivity contribution < 1.29 is 4.79 Å². The molecule has 2 saturated heterocycles. The highest BCUT2D eigenvalue weighted by molar-refractivity contribution is 7.99. The van der Waals surface area contributed by atoms with Crippen LogP contribution in [0.15, 0.2) is 24.3 Å². The van der Waals surface area contributed by atoms with Gasteiger partial charge in [-0.05, 0) is 43.7 Å². The van der Waals surface area contributed by atoms with Crippen LogP contribution in [0.25, 0.3) is 10.2 Å². The molecule has 1 saturated carbocycles. The minimum Gasteiger partial charge on any atom is -0.345 e. The first-order valence-corrected chi connectivity index (χ1v) is 13.1. The van der Waals surface area contributed by atoms with Crippen molar-refractivity contribution in [3.8, 4) is 0 Å². The molecule has 0 radical (unpaired) electrons. The Hall–Kier alpha value is -1.35. The molecule has 3 heterocycles. The number of rotatable bonds is 4. The smallest absolute Gasteiger partial charge is 0.240 e. The Morgan fingerprint density at radius 1 is 1.07 bits per heavy atom. The Kier molecular flexibility index (Phi) is 6.18. The number of aromatic nitrogens is 1. The number of hydrogen-bond donors (Lipinski definition) is 1. The van der Waals surface area contributed by atoms with Gasteiger partial charge in [-0.2, -0.15) is 0 Å². The minimum atomic E-state index is -0.305. The first kappa shape index (κ1) is 20.5. The average Bonchev–Trinajstić information content (AvgIpc) is 3.48. The van der Waals surface area contributed by atoms with Crippen LogP contribution in [0.3, 0.4) is 0 Å². The van der Waals surface area contributed by atoms with Crippen LogP contribution in [-0.2, 0) is 4.79 Å². The number of piperazine rings is 1. The van der Waals surface area contributed by atoms with Gasteiger partial charge in [-0.1, -0.05) is 23.5 Å². The second kappa shape index (κ2) is 9.02. The zero-order valence-electron chi connectivity index (χ0n) is 17.4. The summed E-state index contributed by atoms with van der Waals surface area (Å²) in [5.41, 5.74) is 7.49. The molecule has 6 nitrogen and oxygen atoms in total. The van der Waals surface area contributed by atoms with Gasteiger partial charge in [0.2, 0.25) is 5.91 Å². The third kappa shape index (κ3) is 4.20. The highest BCUT2D eigenvalue weighted by Crippen LogP contribution is 2.33. The van der Waals surface area contributed by atoms with Gasteiger partial charge in [0.15, 0.2) is 5.13 Å². The van der Waals surface area contributed by atoms with E-state index in [4.69, 9.17) is 10.7 Å². The maximum Gasteiger partial charge on any atom is 0.240 e. The van der Waals surface area contributed by atoms with Crippen molar-refractivity contribution in [2.24, 2.45) is 11.7 Å². The predicted molar refractivity (Wildman–Crippen MR) is 126 cm³/mol. The fraction of sp³-hybridized carbons (Fsp3) is 0.636. The molecule has 162 valence electrons. The normalized spacial score (nSPS) is 27.0. The lowest BCUT2D eigenvalue weighted by Gasteiger charge is -2.42. The van der Waals surface area contributed by atoms with Crippen molar-refractivity contribution in [3.05, 3.63) is 24.3 Å². The Balaban J connectivity index is 1.11. The summed E-state index contributed by atoms with van der Waals surface area (Å²) in [7, 11) is 0. The Morgan fingerprint density at radius 2 is 1.83 bits per heavy atom. The zero-order valence-corrected chi connectivity index (χ0v) is 19.0. The molecular formula is C22H31N5OS2. The number of amides is 1. The predicted octanol–water partition coefficient (Wildman–Crippen LogP) is 2.84. The number of hydrogen-bond acceptors (Lipinski definition) is 7. The Labute approximate surface area is 186 Å². The molecule has 1 aromatic heterocycles. The quantitative estimate of drug-likeness (QED) is 0.781. The summed E-state index contributed by atoms with van der Waals surface area (Å²) < 4.78 is 1.27. The molecule has 1 aliphatic carbocycles. The highest BCUT2D eigenvalue weighted by atomic mass is 32.2. The third-order valence-corrected chi connectivity index (χ3v) is 9.05. The molecule has 2 N–H and O–H groups in total. The largest absolute Gasteiger partial charge is 0.345 e. The molecule has 30 heavy (non-hydrogen) atoms. The van der Waals surface area contributed by atoms with Crippen molar-refractivity contribution in [2.45, 2.75) is 37.8 Å². The average molecular weight is 446 g/mol. The summed E-state index contributed by atoms with van der Waals surface area (Å²) in [6, 6.07) is 8.74. The molecule has 3 aliphatic rings. The van der Waals surface area contributed by atoms with Crippen molar-refractivity contribution >= 4 is 44.4 Å². The monoisotopic (exact) mass is 445 g/mol. The van der Waals surface area contributed by atoms with Crippen LogP contribution in [0.1, 0.15) is 25.7 Å². The minimum absolute atomic E-state index is 0.174. The van der Waals surface area contributed by atoms with Crippen LogP contribution >= 0.6 is 23.1 Å². The lowest BCUT2D eigenvalue weighted by Crippen LogP contribution is -2.53. The number of carbonyl (C=O) groups excluding carboxylic acids is 1. The van der Waals surface area contributed by atoms with E-state index in [2.05, 4.69) is 34.1 Å². The maximum atomic E-state index is 12.6. The van der Waals surface area contributed by atoms with Crippen LogP contribution < -0.4 is 10.6 Å². The number of fused-ring (bicyclic) bond motifs is 1. The summed E-state index contributed by atoms with van der Waals surface area (Å²) in [5.74, 6) is 2.39. The molecule has 5 rings (SSSR count). The summed E-state index contributed by atoms with van der Waals surface area (Å²) >= 11 is 3.63. The van der Waals surface area contributed by atoms with E-state index in [1.54, 1.807) is 11.3 Å². The van der Waals surface area contributed by atoms with E-state index in [0.717, 1.165) is 67.8 Å². The van der Waals surface area contributed by atoms with E-state index in [9.17, 15) is 4.79 Å². The molecule has 0 bridgehead atoms. The number of nitrogens with zero attached hydrogens (tertiary/aromatic N) is 4. The van der Waals surface area contributed by atoms with Crippen LogP contribution in [0.2, 0.25) is 0 Å². The lowest BCUT2D eigenvalue weighted by atomic mass is 9.80. The number of thioether (sulfide) groups is 1. The van der Waals surface area contributed by atoms with Gasteiger partial charge in [0.1, 0.15) is 0 Å². The van der Waals surface area contributed by atoms with Gasteiger partial charge in [-0.3, -0.25) is 9.69 Å². The standard InChI is InChI=1S/C22H31N5OS2/c23-20(21(28)27-13-14-29-15-27)16-5-7-17(8-6-16)25-9-11-26(12-10-25)22-24-18-3-1-2-4-19(18)30-22/h1-4,16-17,20H,5-15,23H2/t16-,17-,20-/m0/s1. The molecule has 2 aromatic rings. The van der Waals surface area contributed by atoms with E-state index >= 15 is 0 Å². The van der Waals surface area contributed by atoms with Gasteiger partial charge in [0, 0.05) is 44.5 Å². The van der Waals surface area contributed by atoms with Crippen molar-refractivity contribution in [1.82, 2.24) is 14.8 Å². The molecule has 2 aliphatic heterocycles. The summed E-state index contributed by atoms with van der Waals surface area (Å²) in [4.78, 5) is 24.5. The first-order chi connectivity index (χ1) is 14.7. The van der Waals surface area contributed by atoms with Gasteiger partial charge >= 0.3 is 0 Å². The number of thiazole rings is 1. The van der Waals surface area contributed by atoms with E-state index in [1.807, 2.05) is 16.7 Å². The Bertz CT molecular complexity index is 834. The highest BCUT2D eigenvalue weighted by Gasteiger charge is 2.35. The molecule has 8 heteroatoms. The summed E-state index contributed by atoms with van der Waals surface area (Å²) in [6.07, 6.45) is 4.50. The molecule has 1 amide bonds. The number of carbonyl (C=O) groups is 1. The van der Waals surface area contributed by atoms with Crippen molar-refractivity contribution in [1.29, 1.82) is 0 Å². The summed E-state index contributed by atoms with van der Waals surface area (Å²) in [6.45, 7) is 5.16. The maximum absolute atomic E-state index is 12.6. The van der Waals surface area contributed by atoms with Crippen LogP contribution in [0.4, 0.5) is 5.13 Å². The fourth-order valence-corrected chi connectivity index (χ4v) is 7.07. The van der Waals surface area contributed by atoms with E-state index in [1.165, 1.54) is 17.5 Å². The Morgan fingerprint density at radius 3 is 2.53 bits per heavy atom. The second-order valence-electron chi connectivity index (χ2n) is 8.72. The zero-order chi connectivity index (χ0) is 20.5. The van der Waals surface area contributed by atoms with Crippen molar-refractivity contribution in [2.75, 3.05) is 49.3 Å². The lowest BCUT2D eigenvalue weighted by molar-refractivity contribution is -0.132. The second-order valence-corrected chi connectivity index (χ2v) is 10.8. The first-order valence-electron chi connectivity index (χ1n) is 11.2. The van der Waals surface area contributed by atoms with E-state index in [0.29, 0.717) is 12.0 Å². The van der Waals surface area contributed by atoms with Crippen LogP contribution in [0.5, 0.6) is 0 Å². The number of para-hydroxylation sites is 1. The molecule has 0 spiro atoms. The third-order valence-electron chi connectivity index (χ3n) is 6.98. The molecule has 1 aromatic carbocycles. The SMILES string of the molecule is N[C@H](C(=O)N1CCSC1)[C@H]1CC[C@H](N2CCN(c3nc4ccccc4s3)CC2)CC1. The van der Waals surface area contributed by atoms with E-state index in [-0.39, 0.29) is 11.9 Å².